The molecule has 1 aliphatic carbocycles. The van der Waals surface area contributed by atoms with Crippen molar-refractivity contribution in [2.24, 2.45) is 5.92 Å². The molecule has 1 atom stereocenters. The number of amides is 1. The predicted molar refractivity (Wildman–Crippen MR) is 87.2 cm³/mol. The van der Waals surface area contributed by atoms with Crippen molar-refractivity contribution in [3.63, 3.8) is 0 Å². The maximum Gasteiger partial charge on any atom is 0.227 e. The monoisotopic (exact) mass is 320 g/mol. The highest BCUT2D eigenvalue weighted by molar-refractivity contribution is 7.11. The van der Waals surface area contributed by atoms with Gasteiger partial charge in [0.1, 0.15) is 0 Å². The van der Waals surface area contributed by atoms with Crippen LogP contribution < -0.4 is 5.32 Å². The van der Waals surface area contributed by atoms with Crippen molar-refractivity contribution in [3.8, 4) is 0 Å². The lowest BCUT2D eigenvalue weighted by Gasteiger charge is -2.20. The van der Waals surface area contributed by atoms with Crippen molar-refractivity contribution in [3.05, 3.63) is 44.4 Å². The summed E-state index contributed by atoms with van der Waals surface area (Å²) in [5, 5.41) is 4.74. The maximum atomic E-state index is 12.4. The summed E-state index contributed by atoms with van der Waals surface area (Å²) in [6, 6.07) is 5.62. The normalized spacial score (nSPS) is 17.4. The van der Waals surface area contributed by atoms with E-state index in [0.717, 1.165) is 35.5 Å². The first-order valence-electron chi connectivity index (χ1n) is 7.05. The van der Waals surface area contributed by atoms with E-state index < -0.39 is 0 Å². The second kappa shape index (κ2) is 5.78. The summed E-state index contributed by atoms with van der Waals surface area (Å²) in [5.41, 5.74) is 2.96. The smallest absolute Gasteiger partial charge is 0.227 e. The van der Waals surface area contributed by atoms with Crippen LogP contribution in [0.3, 0.4) is 0 Å². The largest absolute Gasteiger partial charge is 0.326 e. The molecule has 1 amide bonds. The first kappa shape index (κ1) is 14.5. The Labute approximate surface area is 133 Å². The summed E-state index contributed by atoms with van der Waals surface area (Å²) < 4.78 is 0. The number of aromatic nitrogens is 1. The van der Waals surface area contributed by atoms with Crippen LogP contribution in [-0.4, -0.2) is 10.9 Å². The molecule has 1 aliphatic rings. The van der Waals surface area contributed by atoms with Gasteiger partial charge in [-0.3, -0.25) is 4.79 Å². The number of rotatable bonds is 2. The average molecular weight is 321 g/mol. The number of anilines is 1. The van der Waals surface area contributed by atoms with Gasteiger partial charge in [0.05, 0.1) is 10.7 Å². The molecule has 1 heterocycles. The number of fused-ring (bicyclic) bond motifs is 1. The average Bonchev–Trinajstić information content (AvgIpc) is 2.82. The second-order valence-electron chi connectivity index (χ2n) is 5.50. The van der Waals surface area contributed by atoms with Gasteiger partial charge in [0.15, 0.2) is 0 Å². The Morgan fingerprint density at radius 1 is 1.43 bits per heavy atom. The lowest BCUT2D eigenvalue weighted by molar-refractivity contribution is -0.120. The molecule has 3 rings (SSSR count). The van der Waals surface area contributed by atoms with E-state index in [-0.39, 0.29) is 11.8 Å². The Kier molecular flexibility index (Phi) is 4.00. The van der Waals surface area contributed by atoms with Gasteiger partial charge in [-0.1, -0.05) is 17.7 Å². The quantitative estimate of drug-likeness (QED) is 0.903. The van der Waals surface area contributed by atoms with Gasteiger partial charge in [-0.15, -0.1) is 11.3 Å². The Balaban J connectivity index is 1.70. The minimum absolute atomic E-state index is 0.0254. The van der Waals surface area contributed by atoms with E-state index in [2.05, 4.69) is 10.3 Å². The molecule has 0 aliphatic heterocycles. The van der Waals surface area contributed by atoms with E-state index in [0.29, 0.717) is 5.02 Å². The van der Waals surface area contributed by atoms with Crippen molar-refractivity contribution >= 4 is 34.5 Å². The van der Waals surface area contributed by atoms with Gasteiger partial charge in [0.2, 0.25) is 5.91 Å². The highest BCUT2D eigenvalue weighted by Gasteiger charge is 2.27. The van der Waals surface area contributed by atoms with Crippen LogP contribution in [0.1, 0.15) is 27.6 Å². The number of nitrogens with zero attached hydrogens (tertiary/aromatic N) is 1. The van der Waals surface area contributed by atoms with Crippen LogP contribution >= 0.6 is 22.9 Å². The molecule has 21 heavy (non-hydrogen) atoms. The molecule has 0 radical (unpaired) electrons. The summed E-state index contributed by atoms with van der Waals surface area (Å²) in [7, 11) is 0. The zero-order chi connectivity index (χ0) is 15.0. The minimum Gasteiger partial charge on any atom is -0.326 e. The molecule has 0 saturated carbocycles. The van der Waals surface area contributed by atoms with Crippen LogP contribution in [0.5, 0.6) is 0 Å². The van der Waals surface area contributed by atoms with E-state index in [1.165, 1.54) is 10.6 Å². The second-order valence-corrected chi connectivity index (χ2v) is 7.19. The van der Waals surface area contributed by atoms with Crippen LogP contribution in [0.2, 0.25) is 5.02 Å². The lowest BCUT2D eigenvalue weighted by atomic mass is 9.90. The number of benzene rings is 1. The van der Waals surface area contributed by atoms with Crippen LogP contribution in [0.15, 0.2) is 18.2 Å². The fourth-order valence-electron chi connectivity index (χ4n) is 2.64. The predicted octanol–water partition coefficient (Wildman–Crippen LogP) is 4.16. The molecule has 5 heteroatoms. The fraction of sp³-hybridized carbons (Fsp3) is 0.375. The SMILES string of the molecule is Cc1nc2c(s1)CC(C(=O)Nc1ccc(C)c(Cl)c1)CC2. The zero-order valence-electron chi connectivity index (χ0n) is 12.1. The summed E-state index contributed by atoms with van der Waals surface area (Å²) in [6.07, 6.45) is 2.56. The third-order valence-electron chi connectivity index (χ3n) is 3.86. The van der Waals surface area contributed by atoms with E-state index in [9.17, 15) is 4.79 Å². The first-order valence-corrected chi connectivity index (χ1v) is 8.24. The Bertz CT molecular complexity index is 696. The molecule has 0 bridgehead atoms. The van der Waals surface area contributed by atoms with E-state index in [1.807, 2.05) is 26.0 Å². The van der Waals surface area contributed by atoms with E-state index >= 15 is 0 Å². The number of hydrogen-bond donors (Lipinski definition) is 1. The van der Waals surface area contributed by atoms with Crippen molar-refractivity contribution < 1.29 is 4.79 Å². The van der Waals surface area contributed by atoms with Gasteiger partial charge < -0.3 is 5.32 Å². The number of nitrogens with one attached hydrogen (secondary N) is 1. The topological polar surface area (TPSA) is 42.0 Å². The molecule has 1 N–H and O–H groups in total. The van der Waals surface area contributed by atoms with Crippen molar-refractivity contribution in [1.29, 1.82) is 0 Å². The molecule has 2 aromatic rings. The fourth-order valence-corrected chi connectivity index (χ4v) is 3.89. The zero-order valence-corrected chi connectivity index (χ0v) is 13.6. The highest BCUT2D eigenvalue weighted by Crippen LogP contribution is 2.30. The van der Waals surface area contributed by atoms with Crippen LogP contribution in [0.25, 0.3) is 0 Å². The number of aryl methyl sites for hydroxylation is 3. The molecular formula is C16H17ClN2OS. The molecule has 0 saturated heterocycles. The molecular weight excluding hydrogens is 304 g/mol. The molecule has 0 spiro atoms. The Morgan fingerprint density at radius 2 is 2.24 bits per heavy atom. The summed E-state index contributed by atoms with van der Waals surface area (Å²) in [5.74, 6) is 0.101. The van der Waals surface area contributed by atoms with Crippen LogP contribution in [0, 0.1) is 19.8 Å². The number of carbonyl (C=O) groups is 1. The number of carbonyl (C=O) groups excluding carboxylic acids is 1. The third-order valence-corrected chi connectivity index (χ3v) is 5.30. The number of halogens is 1. The van der Waals surface area contributed by atoms with Crippen LogP contribution in [-0.2, 0) is 17.6 Å². The third kappa shape index (κ3) is 3.11. The first-order chi connectivity index (χ1) is 10.0. The van der Waals surface area contributed by atoms with Gasteiger partial charge in [-0.25, -0.2) is 4.98 Å². The van der Waals surface area contributed by atoms with Crippen LogP contribution in [0.4, 0.5) is 5.69 Å². The van der Waals surface area contributed by atoms with Gasteiger partial charge in [0, 0.05) is 21.5 Å². The maximum absolute atomic E-state index is 12.4. The summed E-state index contributed by atoms with van der Waals surface area (Å²) in [4.78, 5) is 18.2. The molecule has 1 aromatic heterocycles. The molecule has 3 nitrogen and oxygen atoms in total. The number of hydrogen-bond acceptors (Lipinski definition) is 3. The van der Waals surface area contributed by atoms with Crippen molar-refractivity contribution in [1.82, 2.24) is 4.98 Å². The van der Waals surface area contributed by atoms with Gasteiger partial charge >= 0.3 is 0 Å². The minimum atomic E-state index is 0.0254. The van der Waals surface area contributed by atoms with Gasteiger partial charge in [-0.05, 0) is 50.8 Å². The Hall–Kier alpha value is -1.39. The molecule has 1 aromatic carbocycles. The van der Waals surface area contributed by atoms with E-state index in [4.69, 9.17) is 11.6 Å². The van der Waals surface area contributed by atoms with Gasteiger partial charge in [-0.2, -0.15) is 0 Å². The standard InChI is InChI=1S/C16H17ClN2OS/c1-9-3-5-12(8-13(9)17)19-16(20)11-4-6-14-15(7-11)21-10(2)18-14/h3,5,8,11H,4,6-7H2,1-2H3,(H,19,20). The Morgan fingerprint density at radius 3 is 3.00 bits per heavy atom. The lowest BCUT2D eigenvalue weighted by Crippen LogP contribution is -2.27. The van der Waals surface area contributed by atoms with Crippen molar-refractivity contribution in [2.75, 3.05) is 5.32 Å². The van der Waals surface area contributed by atoms with Gasteiger partial charge in [0.25, 0.3) is 0 Å². The highest BCUT2D eigenvalue weighted by atomic mass is 35.5. The summed E-state index contributed by atoms with van der Waals surface area (Å²) in [6.45, 7) is 3.97. The molecule has 1 unspecified atom stereocenters. The summed E-state index contributed by atoms with van der Waals surface area (Å²) >= 11 is 7.80. The number of thiazole rings is 1. The van der Waals surface area contributed by atoms with E-state index in [1.54, 1.807) is 17.4 Å². The molecule has 0 fully saturated rings. The van der Waals surface area contributed by atoms with Crippen molar-refractivity contribution in [2.45, 2.75) is 33.1 Å². The molecule has 110 valence electrons.